The van der Waals surface area contributed by atoms with Crippen LogP contribution in [0.4, 0.5) is 33.7 Å². The number of hydrogen-bond donors (Lipinski definition) is 3. The Balaban J connectivity index is 0.000000369. The molecule has 0 saturated carbocycles. The number of aryl methyl sites for hydroxylation is 2. The second-order valence-electron chi connectivity index (χ2n) is 9.59. The van der Waals surface area contributed by atoms with E-state index >= 15 is 0 Å². The average Bonchev–Trinajstić information content (AvgIpc) is 3.42. The van der Waals surface area contributed by atoms with Crippen LogP contribution in [-0.4, -0.2) is 33.8 Å². The van der Waals surface area contributed by atoms with E-state index in [2.05, 4.69) is 20.7 Å². The highest BCUT2D eigenvalue weighted by atomic mass is 35.5. The molecule has 2 heterocycles. The predicted octanol–water partition coefficient (Wildman–Crippen LogP) is 7.97. The summed E-state index contributed by atoms with van der Waals surface area (Å²) in [5, 5.41) is 8.38. The van der Waals surface area contributed by atoms with Gasteiger partial charge in [-0.2, -0.15) is 26.7 Å². The first kappa shape index (κ1) is 33.9. The lowest BCUT2D eigenvalue weighted by Crippen LogP contribution is -2.19. The number of hydrogen-bond acceptors (Lipinski definition) is 6. The van der Waals surface area contributed by atoms with Gasteiger partial charge in [0.05, 0.1) is 33.6 Å². The second-order valence-corrected chi connectivity index (χ2v) is 11.4. The lowest BCUT2D eigenvalue weighted by Gasteiger charge is -2.13. The molecule has 0 bridgehead atoms. The maximum atomic E-state index is 14.2. The number of ether oxygens (including phenoxy) is 1. The molecule has 0 aliphatic heterocycles. The number of pyridine rings is 1. The maximum Gasteiger partial charge on any atom is 0.417 e. The highest BCUT2D eigenvalue weighted by molar-refractivity contribution is 7.85. The van der Waals surface area contributed by atoms with Crippen molar-refractivity contribution in [1.29, 1.82) is 0 Å². The van der Waals surface area contributed by atoms with Crippen molar-refractivity contribution in [3.05, 3.63) is 113 Å². The summed E-state index contributed by atoms with van der Waals surface area (Å²) in [6.07, 6.45) is -0.306. The summed E-state index contributed by atoms with van der Waals surface area (Å²) in [5.74, 6) is -0.438. The zero-order chi connectivity index (χ0) is 33.6. The molecule has 16 heteroatoms. The topological polar surface area (TPSA) is 135 Å². The quantitative estimate of drug-likeness (QED) is 0.123. The number of urea groups is 1. The lowest BCUT2D eigenvalue weighted by atomic mass is 10.2. The van der Waals surface area contributed by atoms with Crippen molar-refractivity contribution in [2.24, 2.45) is 7.05 Å². The fraction of sp³-hybridized carbons (Fsp3) is 0.100. The Morgan fingerprint density at radius 1 is 0.957 bits per heavy atom. The number of carbonyl (C=O) groups is 1. The van der Waals surface area contributed by atoms with Crippen LogP contribution in [-0.2, 0) is 23.3 Å². The molecular formula is C30H24ClF4N5O5S. The Hall–Kier alpha value is -4.99. The van der Waals surface area contributed by atoms with Crippen LogP contribution in [0.25, 0.3) is 11.3 Å². The number of carbonyl (C=O) groups excluding carboxylic acids is 1. The Morgan fingerprint density at radius 3 is 2.17 bits per heavy atom. The van der Waals surface area contributed by atoms with Crippen LogP contribution in [0.15, 0.2) is 96.3 Å². The lowest BCUT2D eigenvalue weighted by molar-refractivity contribution is -0.137. The summed E-state index contributed by atoms with van der Waals surface area (Å²) < 4.78 is 89.9. The molecule has 2 aromatic heterocycles. The molecule has 0 fully saturated rings. The van der Waals surface area contributed by atoms with E-state index in [1.807, 2.05) is 6.92 Å². The summed E-state index contributed by atoms with van der Waals surface area (Å²) in [6.45, 7) is 1.84. The molecule has 46 heavy (non-hydrogen) atoms. The van der Waals surface area contributed by atoms with Crippen molar-refractivity contribution in [3.8, 4) is 22.8 Å². The van der Waals surface area contributed by atoms with Gasteiger partial charge in [0, 0.05) is 36.2 Å². The Kier molecular flexibility index (Phi) is 10.3. The van der Waals surface area contributed by atoms with Gasteiger partial charge in [0.15, 0.2) is 11.6 Å². The molecular weight excluding hydrogens is 654 g/mol. The van der Waals surface area contributed by atoms with Gasteiger partial charge in [-0.15, -0.1) is 0 Å². The summed E-state index contributed by atoms with van der Waals surface area (Å²) in [4.78, 5) is 16.2. The van der Waals surface area contributed by atoms with Crippen LogP contribution >= 0.6 is 11.6 Å². The Labute approximate surface area is 265 Å². The van der Waals surface area contributed by atoms with Crippen molar-refractivity contribution in [2.75, 3.05) is 10.6 Å². The van der Waals surface area contributed by atoms with Crippen LogP contribution in [0.2, 0.25) is 5.02 Å². The second kappa shape index (κ2) is 14.0. The SMILES string of the molecule is Cc1ccc(S(=O)(=O)O)cc1.Cn1cc(-c2cc(Oc3ccc(NC(=O)Nc4ccc(Cl)c(C(F)(F)F)c4)cc3)c(F)cn2)cn1. The van der Waals surface area contributed by atoms with E-state index in [1.165, 1.54) is 48.5 Å². The molecule has 240 valence electrons. The predicted molar refractivity (Wildman–Crippen MR) is 163 cm³/mol. The summed E-state index contributed by atoms with van der Waals surface area (Å²) in [5.41, 5.74) is 1.29. The number of rotatable bonds is 6. The summed E-state index contributed by atoms with van der Waals surface area (Å²) in [7, 11) is -2.27. The highest BCUT2D eigenvalue weighted by Gasteiger charge is 2.33. The van der Waals surface area contributed by atoms with E-state index in [0.29, 0.717) is 16.9 Å². The van der Waals surface area contributed by atoms with Crippen LogP contribution in [0, 0.1) is 12.7 Å². The first-order chi connectivity index (χ1) is 21.6. The first-order valence-electron chi connectivity index (χ1n) is 13.0. The number of nitrogens with one attached hydrogen (secondary N) is 2. The van der Waals surface area contributed by atoms with Gasteiger partial charge in [-0.05, 0) is 61.5 Å². The van der Waals surface area contributed by atoms with Gasteiger partial charge in [-0.1, -0.05) is 29.3 Å². The zero-order valence-corrected chi connectivity index (χ0v) is 25.5. The van der Waals surface area contributed by atoms with Crippen LogP contribution in [0.1, 0.15) is 11.1 Å². The molecule has 0 spiro atoms. The molecule has 2 amide bonds. The molecule has 10 nitrogen and oxygen atoms in total. The minimum atomic E-state index is -4.66. The first-order valence-corrected chi connectivity index (χ1v) is 14.8. The summed E-state index contributed by atoms with van der Waals surface area (Å²) >= 11 is 5.58. The molecule has 5 rings (SSSR count). The Morgan fingerprint density at radius 2 is 1.59 bits per heavy atom. The monoisotopic (exact) mass is 677 g/mol. The average molecular weight is 678 g/mol. The number of amides is 2. The normalized spacial score (nSPS) is 11.3. The van der Waals surface area contributed by atoms with Gasteiger partial charge in [-0.3, -0.25) is 14.2 Å². The van der Waals surface area contributed by atoms with Crippen molar-refractivity contribution in [3.63, 3.8) is 0 Å². The molecule has 0 atom stereocenters. The molecule has 0 saturated heterocycles. The maximum absolute atomic E-state index is 14.2. The largest absolute Gasteiger partial charge is 0.454 e. The van der Waals surface area contributed by atoms with Gasteiger partial charge in [-0.25, -0.2) is 9.18 Å². The van der Waals surface area contributed by atoms with Gasteiger partial charge >= 0.3 is 12.2 Å². The summed E-state index contributed by atoms with van der Waals surface area (Å²) in [6, 6.07) is 15.6. The van der Waals surface area contributed by atoms with Crippen LogP contribution < -0.4 is 15.4 Å². The molecule has 3 aromatic carbocycles. The fourth-order valence-electron chi connectivity index (χ4n) is 3.77. The standard InChI is InChI=1S/C23H16ClF4N5O2.C7H8O3S/c1-33-12-13(10-30-33)20-9-21(19(25)11-29-20)35-16-5-2-14(3-6-16)31-22(34)32-15-4-7-18(24)17(8-15)23(26,27)28;1-6-2-4-7(5-3-6)11(8,9)10/h2-12H,1H3,(H2,31,32,34);2-5H,1H3,(H,8,9,10). The van der Waals surface area contributed by atoms with E-state index in [-0.39, 0.29) is 22.1 Å². The number of alkyl halides is 3. The molecule has 0 radical (unpaired) electrons. The van der Waals surface area contributed by atoms with Crippen LogP contribution in [0.3, 0.4) is 0 Å². The van der Waals surface area contributed by atoms with Crippen molar-refractivity contribution < 1.29 is 40.1 Å². The molecule has 0 unspecified atom stereocenters. The fourth-order valence-corrected chi connectivity index (χ4v) is 4.47. The third-order valence-electron chi connectivity index (χ3n) is 6.01. The van der Waals surface area contributed by atoms with Gasteiger partial charge < -0.3 is 15.4 Å². The van der Waals surface area contributed by atoms with E-state index < -0.39 is 38.7 Å². The number of anilines is 2. The minimum absolute atomic E-state index is 0.0551. The molecule has 0 aliphatic rings. The van der Waals surface area contributed by atoms with Crippen LogP contribution in [0.5, 0.6) is 11.5 Å². The molecule has 5 aromatic rings. The third kappa shape index (κ3) is 9.26. The smallest absolute Gasteiger partial charge is 0.417 e. The number of nitrogens with zero attached hydrogens (tertiary/aromatic N) is 3. The Bertz CT molecular complexity index is 1950. The van der Waals surface area contributed by atoms with Crippen molar-refractivity contribution in [2.45, 2.75) is 18.0 Å². The van der Waals surface area contributed by atoms with E-state index in [9.17, 15) is 30.8 Å². The number of aromatic nitrogens is 3. The van der Waals surface area contributed by atoms with E-state index in [0.717, 1.165) is 23.9 Å². The highest BCUT2D eigenvalue weighted by Crippen LogP contribution is 2.36. The molecule has 3 N–H and O–H groups in total. The third-order valence-corrected chi connectivity index (χ3v) is 7.21. The number of benzene rings is 3. The molecule has 0 aliphatic carbocycles. The van der Waals surface area contributed by atoms with Crippen molar-refractivity contribution >= 4 is 39.1 Å². The van der Waals surface area contributed by atoms with E-state index in [4.69, 9.17) is 20.9 Å². The minimum Gasteiger partial charge on any atom is -0.454 e. The van der Waals surface area contributed by atoms with Gasteiger partial charge in [0.1, 0.15) is 5.75 Å². The number of halogens is 5. The van der Waals surface area contributed by atoms with Gasteiger partial charge in [0.25, 0.3) is 10.1 Å². The van der Waals surface area contributed by atoms with Gasteiger partial charge in [0.2, 0.25) is 0 Å². The van der Waals surface area contributed by atoms with Crippen molar-refractivity contribution in [1.82, 2.24) is 14.8 Å². The zero-order valence-electron chi connectivity index (χ0n) is 23.9. The van der Waals surface area contributed by atoms with E-state index in [1.54, 1.807) is 36.3 Å².